The molecule has 1 aliphatic rings. The Labute approximate surface area is 78.7 Å². The van der Waals surface area contributed by atoms with E-state index in [0.717, 1.165) is 6.07 Å². The number of rotatable bonds is 0. The molecule has 3 nitrogen and oxygen atoms in total. The van der Waals surface area contributed by atoms with Crippen LogP contribution in [0.2, 0.25) is 0 Å². The third-order valence-corrected chi connectivity index (χ3v) is 1.99. The summed E-state index contributed by atoms with van der Waals surface area (Å²) < 4.78 is 30.8. The first-order valence-electron chi connectivity index (χ1n) is 4.01. The highest BCUT2D eigenvalue weighted by atomic mass is 19.2. The Kier molecular flexibility index (Phi) is 1.87. The minimum Gasteiger partial charge on any atom is -0.478 e. The molecule has 74 valence electrons. The molecular weight excluding hydrogens is 192 g/mol. The van der Waals surface area contributed by atoms with Crippen LogP contribution >= 0.6 is 0 Å². The Morgan fingerprint density at radius 1 is 1.50 bits per heavy atom. The SMILES string of the molecule is Cc1cc(F)c(F)c2c1NC(=O)CO2. The predicted molar refractivity (Wildman–Crippen MR) is 45.2 cm³/mol. The minimum atomic E-state index is -1.06. The van der Waals surface area contributed by atoms with Gasteiger partial charge in [-0.15, -0.1) is 0 Å². The molecule has 1 amide bonds. The molecule has 0 atom stereocenters. The second-order valence-electron chi connectivity index (χ2n) is 3.03. The highest BCUT2D eigenvalue weighted by Gasteiger charge is 2.24. The maximum absolute atomic E-state index is 13.1. The monoisotopic (exact) mass is 199 g/mol. The Bertz CT molecular complexity index is 418. The lowest BCUT2D eigenvalue weighted by Crippen LogP contribution is -2.27. The molecule has 0 saturated heterocycles. The number of fused-ring (bicyclic) bond motifs is 1. The van der Waals surface area contributed by atoms with Gasteiger partial charge in [-0.25, -0.2) is 4.39 Å². The van der Waals surface area contributed by atoms with Crippen molar-refractivity contribution < 1.29 is 18.3 Å². The quantitative estimate of drug-likeness (QED) is 0.689. The molecule has 1 aromatic carbocycles. The first-order chi connectivity index (χ1) is 6.59. The van der Waals surface area contributed by atoms with E-state index in [1.807, 2.05) is 0 Å². The van der Waals surface area contributed by atoms with E-state index in [9.17, 15) is 13.6 Å². The fourth-order valence-corrected chi connectivity index (χ4v) is 1.33. The van der Waals surface area contributed by atoms with Gasteiger partial charge >= 0.3 is 0 Å². The van der Waals surface area contributed by atoms with Gasteiger partial charge in [-0.3, -0.25) is 4.79 Å². The second-order valence-corrected chi connectivity index (χ2v) is 3.03. The van der Waals surface area contributed by atoms with Gasteiger partial charge in [0.25, 0.3) is 5.91 Å². The van der Waals surface area contributed by atoms with E-state index in [0.29, 0.717) is 5.56 Å². The summed E-state index contributed by atoms with van der Waals surface area (Å²) in [5, 5.41) is 2.43. The number of nitrogens with one attached hydrogen (secondary N) is 1. The van der Waals surface area contributed by atoms with Crippen LogP contribution in [-0.2, 0) is 4.79 Å². The van der Waals surface area contributed by atoms with Crippen LogP contribution < -0.4 is 10.1 Å². The molecular formula is C9H7F2NO2. The molecule has 0 bridgehead atoms. The second kappa shape index (κ2) is 2.94. The van der Waals surface area contributed by atoms with Gasteiger partial charge in [0.2, 0.25) is 5.82 Å². The summed E-state index contributed by atoms with van der Waals surface area (Å²) in [5.41, 5.74) is 0.645. The summed E-state index contributed by atoms with van der Waals surface area (Å²) in [6.07, 6.45) is 0. The van der Waals surface area contributed by atoms with Crippen molar-refractivity contribution in [2.45, 2.75) is 6.92 Å². The molecule has 0 aromatic heterocycles. The van der Waals surface area contributed by atoms with Crippen LogP contribution in [0.1, 0.15) is 5.56 Å². The zero-order chi connectivity index (χ0) is 10.3. The van der Waals surface area contributed by atoms with Crippen LogP contribution in [0.25, 0.3) is 0 Å². The van der Waals surface area contributed by atoms with E-state index in [4.69, 9.17) is 4.74 Å². The normalized spacial score (nSPS) is 14.4. The molecule has 0 radical (unpaired) electrons. The van der Waals surface area contributed by atoms with Gasteiger partial charge in [0, 0.05) is 0 Å². The number of amides is 1. The number of halogens is 2. The number of ether oxygens (including phenoxy) is 1. The van der Waals surface area contributed by atoms with Crippen molar-refractivity contribution in [2.75, 3.05) is 11.9 Å². The standard InChI is InChI=1S/C9H7F2NO2/c1-4-2-5(10)7(11)9-8(4)12-6(13)3-14-9/h2H,3H2,1H3,(H,12,13). The molecule has 1 aliphatic heterocycles. The van der Waals surface area contributed by atoms with E-state index in [1.165, 1.54) is 0 Å². The maximum Gasteiger partial charge on any atom is 0.262 e. The molecule has 2 rings (SSSR count). The highest BCUT2D eigenvalue weighted by molar-refractivity contribution is 5.96. The van der Waals surface area contributed by atoms with E-state index >= 15 is 0 Å². The third kappa shape index (κ3) is 1.21. The predicted octanol–water partition coefficient (Wildman–Crippen LogP) is 1.60. The van der Waals surface area contributed by atoms with Crippen LogP contribution in [0.5, 0.6) is 5.75 Å². The molecule has 14 heavy (non-hydrogen) atoms. The summed E-state index contributed by atoms with van der Waals surface area (Å²) in [4.78, 5) is 10.9. The highest BCUT2D eigenvalue weighted by Crippen LogP contribution is 2.35. The van der Waals surface area contributed by atoms with Gasteiger partial charge in [0.05, 0.1) is 5.69 Å². The molecule has 5 heteroatoms. The van der Waals surface area contributed by atoms with Crippen molar-refractivity contribution in [3.05, 3.63) is 23.3 Å². The fraction of sp³-hybridized carbons (Fsp3) is 0.222. The van der Waals surface area contributed by atoms with Gasteiger partial charge < -0.3 is 10.1 Å². The lowest BCUT2D eigenvalue weighted by molar-refractivity contribution is -0.118. The number of benzene rings is 1. The molecule has 1 heterocycles. The Morgan fingerprint density at radius 3 is 2.93 bits per heavy atom. The zero-order valence-corrected chi connectivity index (χ0v) is 7.36. The van der Waals surface area contributed by atoms with E-state index in [-0.39, 0.29) is 24.0 Å². The van der Waals surface area contributed by atoms with Crippen LogP contribution in [0.15, 0.2) is 6.07 Å². The largest absolute Gasteiger partial charge is 0.478 e. The third-order valence-electron chi connectivity index (χ3n) is 1.99. The number of hydrogen-bond acceptors (Lipinski definition) is 2. The Balaban J connectivity index is 2.62. The van der Waals surface area contributed by atoms with Crippen molar-refractivity contribution in [1.29, 1.82) is 0 Å². The lowest BCUT2D eigenvalue weighted by Gasteiger charge is -2.20. The molecule has 0 fully saturated rings. The molecule has 0 saturated carbocycles. The fourth-order valence-electron chi connectivity index (χ4n) is 1.33. The topological polar surface area (TPSA) is 38.3 Å². The number of aryl methyl sites for hydroxylation is 1. The van der Waals surface area contributed by atoms with Crippen LogP contribution in [-0.4, -0.2) is 12.5 Å². The molecule has 0 spiro atoms. The summed E-state index contributed by atoms with van der Waals surface area (Å²) >= 11 is 0. The zero-order valence-electron chi connectivity index (χ0n) is 7.36. The number of hydrogen-bond donors (Lipinski definition) is 1. The smallest absolute Gasteiger partial charge is 0.262 e. The number of anilines is 1. The summed E-state index contributed by atoms with van der Waals surface area (Å²) in [6.45, 7) is 1.28. The average molecular weight is 199 g/mol. The van der Waals surface area contributed by atoms with Crippen LogP contribution in [0, 0.1) is 18.6 Å². The van der Waals surface area contributed by atoms with E-state index in [2.05, 4.69) is 5.32 Å². The summed E-state index contributed by atoms with van der Waals surface area (Å²) in [5.74, 6) is -2.63. The van der Waals surface area contributed by atoms with Gasteiger partial charge in [0.1, 0.15) is 0 Å². The molecule has 1 aromatic rings. The minimum absolute atomic E-state index is 0.208. The van der Waals surface area contributed by atoms with E-state index in [1.54, 1.807) is 6.92 Å². The van der Waals surface area contributed by atoms with E-state index < -0.39 is 11.6 Å². The Hall–Kier alpha value is -1.65. The number of carbonyl (C=O) groups is 1. The first-order valence-corrected chi connectivity index (χ1v) is 4.01. The molecule has 0 unspecified atom stereocenters. The average Bonchev–Trinajstić information content (AvgIpc) is 2.14. The molecule has 1 N–H and O–H groups in total. The summed E-state index contributed by atoms with van der Waals surface area (Å²) in [6, 6.07) is 1.02. The van der Waals surface area contributed by atoms with Gasteiger partial charge in [-0.1, -0.05) is 0 Å². The van der Waals surface area contributed by atoms with Crippen molar-refractivity contribution in [2.24, 2.45) is 0 Å². The van der Waals surface area contributed by atoms with Crippen molar-refractivity contribution in [1.82, 2.24) is 0 Å². The number of carbonyl (C=O) groups excluding carboxylic acids is 1. The van der Waals surface area contributed by atoms with Crippen LogP contribution in [0.3, 0.4) is 0 Å². The van der Waals surface area contributed by atoms with Gasteiger partial charge in [-0.05, 0) is 18.6 Å². The van der Waals surface area contributed by atoms with Crippen LogP contribution in [0.4, 0.5) is 14.5 Å². The van der Waals surface area contributed by atoms with Crippen molar-refractivity contribution in [3.63, 3.8) is 0 Å². The lowest BCUT2D eigenvalue weighted by atomic mass is 10.1. The van der Waals surface area contributed by atoms with Gasteiger partial charge in [0.15, 0.2) is 18.2 Å². The van der Waals surface area contributed by atoms with Crippen molar-refractivity contribution in [3.8, 4) is 5.75 Å². The Morgan fingerprint density at radius 2 is 2.21 bits per heavy atom. The summed E-state index contributed by atoms with van der Waals surface area (Å²) in [7, 11) is 0. The van der Waals surface area contributed by atoms with Gasteiger partial charge in [-0.2, -0.15) is 4.39 Å². The first kappa shape index (κ1) is 8.93. The maximum atomic E-state index is 13.1. The van der Waals surface area contributed by atoms with Crippen molar-refractivity contribution >= 4 is 11.6 Å². The molecule has 0 aliphatic carbocycles.